The summed E-state index contributed by atoms with van der Waals surface area (Å²) in [7, 11) is 0. The minimum atomic E-state index is 0.144. The highest BCUT2D eigenvalue weighted by Crippen LogP contribution is 2.14. The monoisotopic (exact) mass is 209 g/mol. The average molecular weight is 209 g/mol. The molecule has 0 saturated heterocycles. The number of hydrogen-bond donors (Lipinski definition) is 1. The van der Waals surface area contributed by atoms with Gasteiger partial charge in [-0.3, -0.25) is 4.79 Å². The summed E-state index contributed by atoms with van der Waals surface area (Å²) in [5.74, 6) is 0.825. The SMILES string of the molecule is CCC(=O)N(CCS)c1ccccc1. The lowest BCUT2D eigenvalue weighted by Crippen LogP contribution is -2.31. The molecule has 76 valence electrons. The quantitative estimate of drug-likeness (QED) is 0.755. The molecule has 0 spiro atoms. The molecule has 1 amide bonds. The molecule has 1 rings (SSSR count). The summed E-state index contributed by atoms with van der Waals surface area (Å²) in [4.78, 5) is 13.4. The third-order valence-corrected chi connectivity index (χ3v) is 2.19. The number of carbonyl (C=O) groups excluding carboxylic acids is 1. The fraction of sp³-hybridized carbons (Fsp3) is 0.364. The number of nitrogens with zero attached hydrogens (tertiary/aromatic N) is 1. The van der Waals surface area contributed by atoms with E-state index in [-0.39, 0.29) is 5.91 Å². The van der Waals surface area contributed by atoms with Crippen LogP contribution in [0, 0.1) is 0 Å². The lowest BCUT2D eigenvalue weighted by Gasteiger charge is -2.21. The van der Waals surface area contributed by atoms with Crippen LogP contribution < -0.4 is 4.90 Å². The Kier molecular flexibility index (Phi) is 4.53. The summed E-state index contributed by atoms with van der Waals surface area (Å²) >= 11 is 4.15. The fourth-order valence-corrected chi connectivity index (χ4v) is 1.50. The summed E-state index contributed by atoms with van der Waals surface area (Å²) < 4.78 is 0. The molecule has 0 unspecified atom stereocenters. The Hall–Kier alpha value is -0.960. The zero-order valence-electron chi connectivity index (χ0n) is 8.31. The standard InChI is InChI=1S/C11H15NOS/c1-2-11(13)12(8-9-14)10-6-4-3-5-7-10/h3-7,14H,2,8-9H2,1H3. The number of para-hydroxylation sites is 1. The summed E-state index contributed by atoms with van der Waals surface area (Å²) in [5.41, 5.74) is 0.952. The minimum Gasteiger partial charge on any atom is -0.312 e. The van der Waals surface area contributed by atoms with Gasteiger partial charge in [0.25, 0.3) is 0 Å². The molecule has 0 aliphatic carbocycles. The van der Waals surface area contributed by atoms with Gasteiger partial charge >= 0.3 is 0 Å². The Morgan fingerprint density at radius 3 is 2.50 bits per heavy atom. The second-order valence-electron chi connectivity index (χ2n) is 2.96. The molecule has 0 aromatic heterocycles. The average Bonchev–Trinajstić information content (AvgIpc) is 2.26. The van der Waals surface area contributed by atoms with Gasteiger partial charge in [0.05, 0.1) is 0 Å². The van der Waals surface area contributed by atoms with Gasteiger partial charge in [0, 0.05) is 24.4 Å². The van der Waals surface area contributed by atoms with Crippen molar-refractivity contribution in [3.8, 4) is 0 Å². The zero-order valence-corrected chi connectivity index (χ0v) is 9.21. The first-order valence-electron chi connectivity index (χ1n) is 4.76. The van der Waals surface area contributed by atoms with E-state index in [4.69, 9.17) is 0 Å². The Balaban J connectivity index is 2.83. The van der Waals surface area contributed by atoms with Gasteiger partial charge in [0.2, 0.25) is 5.91 Å². The molecule has 1 aromatic carbocycles. The van der Waals surface area contributed by atoms with Crippen LogP contribution >= 0.6 is 12.6 Å². The van der Waals surface area contributed by atoms with Crippen molar-refractivity contribution in [2.45, 2.75) is 13.3 Å². The lowest BCUT2D eigenvalue weighted by molar-refractivity contribution is -0.118. The Morgan fingerprint density at radius 2 is 2.00 bits per heavy atom. The maximum absolute atomic E-state index is 11.6. The molecule has 0 aliphatic rings. The number of anilines is 1. The van der Waals surface area contributed by atoms with Crippen LogP contribution in [0.5, 0.6) is 0 Å². The molecular weight excluding hydrogens is 194 g/mol. The van der Waals surface area contributed by atoms with E-state index >= 15 is 0 Å². The van der Waals surface area contributed by atoms with Gasteiger partial charge in [0.1, 0.15) is 0 Å². The molecule has 14 heavy (non-hydrogen) atoms. The van der Waals surface area contributed by atoms with Gasteiger partial charge < -0.3 is 4.90 Å². The van der Waals surface area contributed by atoms with E-state index in [0.29, 0.717) is 18.7 Å². The molecule has 3 heteroatoms. The highest BCUT2D eigenvalue weighted by atomic mass is 32.1. The fourth-order valence-electron chi connectivity index (χ4n) is 1.30. The van der Waals surface area contributed by atoms with Gasteiger partial charge in [-0.2, -0.15) is 12.6 Å². The largest absolute Gasteiger partial charge is 0.312 e. The number of hydrogen-bond acceptors (Lipinski definition) is 2. The van der Waals surface area contributed by atoms with Crippen molar-refractivity contribution in [1.82, 2.24) is 0 Å². The number of thiol groups is 1. The third-order valence-electron chi connectivity index (χ3n) is 1.99. The summed E-state index contributed by atoms with van der Waals surface area (Å²) in [5, 5.41) is 0. The van der Waals surface area contributed by atoms with Crippen LogP contribution in [0.4, 0.5) is 5.69 Å². The van der Waals surface area contributed by atoms with Crippen molar-refractivity contribution >= 4 is 24.2 Å². The molecule has 2 nitrogen and oxygen atoms in total. The van der Waals surface area contributed by atoms with Crippen molar-refractivity contribution in [1.29, 1.82) is 0 Å². The number of benzene rings is 1. The van der Waals surface area contributed by atoms with Crippen molar-refractivity contribution in [3.63, 3.8) is 0 Å². The maximum Gasteiger partial charge on any atom is 0.226 e. The van der Waals surface area contributed by atoms with Crippen molar-refractivity contribution in [2.24, 2.45) is 0 Å². The molecule has 0 bridgehead atoms. The van der Waals surface area contributed by atoms with Crippen LogP contribution in [-0.2, 0) is 4.79 Å². The highest BCUT2D eigenvalue weighted by Gasteiger charge is 2.11. The molecule has 0 heterocycles. The Bertz CT molecular complexity index is 287. The van der Waals surface area contributed by atoms with E-state index in [9.17, 15) is 4.79 Å². The van der Waals surface area contributed by atoms with Crippen LogP contribution in [0.2, 0.25) is 0 Å². The second-order valence-corrected chi connectivity index (χ2v) is 3.41. The van der Waals surface area contributed by atoms with E-state index in [0.717, 1.165) is 5.69 Å². The highest BCUT2D eigenvalue weighted by molar-refractivity contribution is 7.80. The zero-order chi connectivity index (χ0) is 10.4. The van der Waals surface area contributed by atoms with Crippen molar-refractivity contribution in [2.75, 3.05) is 17.2 Å². The molecular formula is C11H15NOS. The molecule has 0 atom stereocenters. The van der Waals surface area contributed by atoms with E-state index in [2.05, 4.69) is 12.6 Å². The smallest absolute Gasteiger partial charge is 0.226 e. The van der Waals surface area contributed by atoms with Gasteiger partial charge in [-0.15, -0.1) is 0 Å². The third kappa shape index (κ3) is 2.77. The van der Waals surface area contributed by atoms with Crippen LogP contribution in [0.1, 0.15) is 13.3 Å². The lowest BCUT2D eigenvalue weighted by atomic mass is 10.2. The van der Waals surface area contributed by atoms with Crippen LogP contribution in [0.25, 0.3) is 0 Å². The predicted molar refractivity (Wildman–Crippen MR) is 62.9 cm³/mol. The maximum atomic E-state index is 11.6. The van der Waals surface area contributed by atoms with Crippen LogP contribution in [-0.4, -0.2) is 18.2 Å². The van der Waals surface area contributed by atoms with Gasteiger partial charge in [-0.1, -0.05) is 25.1 Å². The first kappa shape index (κ1) is 11.1. The predicted octanol–water partition coefficient (Wildman–Crippen LogP) is 2.36. The molecule has 0 N–H and O–H groups in total. The summed E-state index contributed by atoms with van der Waals surface area (Å²) in [6, 6.07) is 9.69. The van der Waals surface area contributed by atoms with E-state index in [1.165, 1.54) is 0 Å². The number of rotatable bonds is 4. The number of carbonyl (C=O) groups is 1. The number of amides is 1. The van der Waals surface area contributed by atoms with Gasteiger partial charge in [-0.25, -0.2) is 0 Å². The van der Waals surface area contributed by atoms with Crippen molar-refractivity contribution < 1.29 is 4.79 Å². The Labute approximate surface area is 90.3 Å². The molecule has 0 saturated carbocycles. The molecule has 0 aliphatic heterocycles. The van der Waals surface area contributed by atoms with E-state index in [1.54, 1.807) is 4.90 Å². The van der Waals surface area contributed by atoms with Gasteiger partial charge in [0.15, 0.2) is 0 Å². The molecule has 1 aromatic rings. The normalized spacial score (nSPS) is 9.86. The van der Waals surface area contributed by atoms with E-state index < -0.39 is 0 Å². The molecule has 0 radical (unpaired) electrons. The van der Waals surface area contributed by atoms with Gasteiger partial charge in [-0.05, 0) is 12.1 Å². The minimum absolute atomic E-state index is 0.144. The Morgan fingerprint density at radius 1 is 1.36 bits per heavy atom. The van der Waals surface area contributed by atoms with Crippen molar-refractivity contribution in [3.05, 3.63) is 30.3 Å². The van der Waals surface area contributed by atoms with E-state index in [1.807, 2.05) is 37.3 Å². The molecule has 0 fully saturated rings. The summed E-state index contributed by atoms with van der Waals surface area (Å²) in [6.45, 7) is 2.54. The summed E-state index contributed by atoms with van der Waals surface area (Å²) in [6.07, 6.45) is 0.530. The first-order valence-corrected chi connectivity index (χ1v) is 5.39. The van der Waals surface area contributed by atoms with Crippen LogP contribution in [0.3, 0.4) is 0 Å². The van der Waals surface area contributed by atoms with Crippen LogP contribution in [0.15, 0.2) is 30.3 Å². The first-order chi connectivity index (χ1) is 6.79. The second kappa shape index (κ2) is 5.70. The topological polar surface area (TPSA) is 20.3 Å².